The number of rotatable bonds is 4. The van der Waals surface area contributed by atoms with Crippen LogP contribution >= 0.6 is 15.9 Å². The quantitative estimate of drug-likeness (QED) is 0.781. The number of hydrogen-bond donors (Lipinski definition) is 0. The normalized spacial score (nSPS) is 10.6. The van der Waals surface area contributed by atoms with Crippen LogP contribution in [0.15, 0.2) is 12.4 Å². The monoisotopic (exact) mass is 265 g/mol. The zero-order valence-electron chi connectivity index (χ0n) is 7.62. The predicted molar refractivity (Wildman–Crippen MR) is 53.9 cm³/mol. The van der Waals surface area contributed by atoms with Crippen molar-refractivity contribution in [3.8, 4) is 0 Å². The predicted octanol–water partition coefficient (Wildman–Crippen LogP) is 2.07. The summed E-state index contributed by atoms with van der Waals surface area (Å²) in [6.45, 7) is -0.354. The van der Waals surface area contributed by atoms with Gasteiger partial charge in [0.25, 0.3) is 6.43 Å². The van der Waals surface area contributed by atoms with Gasteiger partial charge in [-0.05, 0) is 5.56 Å². The van der Waals surface area contributed by atoms with Gasteiger partial charge in [0, 0.05) is 24.8 Å². The summed E-state index contributed by atoms with van der Waals surface area (Å²) in [4.78, 5) is 9.23. The van der Waals surface area contributed by atoms with Crippen molar-refractivity contribution < 1.29 is 8.78 Å². The fourth-order valence-corrected chi connectivity index (χ4v) is 1.19. The minimum Gasteiger partial charge on any atom is -0.338 e. The third-order valence-corrected chi connectivity index (χ3v) is 2.25. The van der Waals surface area contributed by atoms with Gasteiger partial charge in [-0.2, -0.15) is 0 Å². The van der Waals surface area contributed by atoms with E-state index in [9.17, 15) is 8.78 Å². The van der Waals surface area contributed by atoms with Crippen molar-refractivity contribution >= 4 is 21.9 Å². The largest absolute Gasteiger partial charge is 0.338 e. The zero-order chi connectivity index (χ0) is 10.6. The van der Waals surface area contributed by atoms with Crippen LogP contribution in [-0.2, 0) is 5.33 Å². The van der Waals surface area contributed by atoms with Crippen LogP contribution in [0.3, 0.4) is 0 Å². The van der Waals surface area contributed by atoms with Crippen LogP contribution in [-0.4, -0.2) is 30.0 Å². The van der Waals surface area contributed by atoms with Crippen LogP contribution < -0.4 is 4.90 Å². The molecule has 0 N–H and O–H groups in total. The average molecular weight is 266 g/mol. The minimum atomic E-state index is -2.38. The molecule has 0 fully saturated rings. The van der Waals surface area contributed by atoms with E-state index in [1.165, 1.54) is 11.9 Å². The fourth-order valence-electron chi connectivity index (χ4n) is 0.903. The second kappa shape index (κ2) is 5.19. The first-order valence-corrected chi connectivity index (χ1v) is 5.11. The third-order valence-electron chi connectivity index (χ3n) is 1.60. The van der Waals surface area contributed by atoms with Crippen LogP contribution in [0.4, 0.5) is 14.7 Å². The Morgan fingerprint density at radius 3 is 2.43 bits per heavy atom. The topological polar surface area (TPSA) is 29.0 Å². The lowest BCUT2D eigenvalue weighted by molar-refractivity contribution is 0.156. The average Bonchev–Trinajstić information content (AvgIpc) is 2.17. The van der Waals surface area contributed by atoms with Gasteiger partial charge in [0.1, 0.15) is 0 Å². The standard InChI is InChI=1S/C8H10BrF2N3/c1-14(5-7(10)11)8-12-3-6(2-9)4-13-8/h3-4,7H,2,5H2,1H3. The second-order valence-electron chi connectivity index (χ2n) is 2.80. The summed E-state index contributed by atoms with van der Waals surface area (Å²) in [5.74, 6) is 0.315. The molecule has 0 aliphatic carbocycles. The lowest BCUT2D eigenvalue weighted by Gasteiger charge is -2.15. The van der Waals surface area contributed by atoms with Gasteiger partial charge >= 0.3 is 0 Å². The highest BCUT2D eigenvalue weighted by Crippen LogP contribution is 2.08. The molecule has 0 bridgehead atoms. The van der Waals surface area contributed by atoms with Crippen molar-refractivity contribution in [1.82, 2.24) is 9.97 Å². The van der Waals surface area contributed by atoms with Crippen molar-refractivity contribution in [1.29, 1.82) is 0 Å². The van der Waals surface area contributed by atoms with E-state index in [4.69, 9.17) is 0 Å². The highest BCUT2D eigenvalue weighted by molar-refractivity contribution is 9.08. The lowest BCUT2D eigenvalue weighted by Crippen LogP contribution is -2.25. The SMILES string of the molecule is CN(CC(F)F)c1ncc(CBr)cn1. The first-order valence-electron chi connectivity index (χ1n) is 3.99. The highest BCUT2D eigenvalue weighted by Gasteiger charge is 2.10. The van der Waals surface area contributed by atoms with Gasteiger partial charge in [0.05, 0.1) is 6.54 Å². The van der Waals surface area contributed by atoms with Gasteiger partial charge in [-0.25, -0.2) is 18.7 Å². The van der Waals surface area contributed by atoms with Gasteiger partial charge in [-0.1, -0.05) is 15.9 Å². The maximum atomic E-state index is 12.0. The number of anilines is 1. The number of nitrogens with zero attached hydrogens (tertiary/aromatic N) is 3. The molecule has 1 heterocycles. The summed E-state index contributed by atoms with van der Waals surface area (Å²) < 4.78 is 24.0. The molecule has 0 aliphatic rings. The van der Waals surface area contributed by atoms with Crippen LogP contribution in [0.1, 0.15) is 5.56 Å². The number of hydrogen-bond acceptors (Lipinski definition) is 3. The third kappa shape index (κ3) is 3.17. The Hall–Kier alpha value is -0.780. The zero-order valence-corrected chi connectivity index (χ0v) is 9.21. The molecule has 0 amide bonds. The molecular weight excluding hydrogens is 256 g/mol. The van der Waals surface area contributed by atoms with Crippen LogP contribution in [0.5, 0.6) is 0 Å². The van der Waals surface area contributed by atoms with Gasteiger partial charge in [0.2, 0.25) is 5.95 Å². The molecule has 0 aromatic carbocycles. The Morgan fingerprint density at radius 2 is 2.00 bits per heavy atom. The molecule has 0 spiro atoms. The Labute approximate surface area is 89.3 Å². The van der Waals surface area contributed by atoms with Gasteiger partial charge in [-0.3, -0.25) is 0 Å². The highest BCUT2D eigenvalue weighted by atomic mass is 79.9. The molecule has 0 saturated carbocycles. The molecule has 1 aromatic rings. The molecule has 6 heteroatoms. The number of halogens is 3. The van der Waals surface area contributed by atoms with Crippen LogP contribution in [0.25, 0.3) is 0 Å². The van der Waals surface area contributed by atoms with Gasteiger partial charge in [-0.15, -0.1) is 0 Å². The summed E-state index contributed by atoms with van der Waals surface area (Å²) in [6, 6.07) is 0. The molecule has 0 atom stereocenters. The molecule has 0 saturated heterocycles. The number of alkyl halides is 3. The Bertz CT molecular complexity index is 278. The van der Waals surface area contributed by atoms with Crippen molar-refractivity contribution in [2.75, 3.05) is 18.5 Å². The van der Waals surface area contributed by atoms with Crippen molar-refractivity contribution in [2.45, 2.75) is 11.8 Å². The maximum absolute atomic E-state index is 12.0. The molecule has 0 radical (unpaired) electrons. The summed E-state index contributed by atoms with van der Waals surface area (Å²) in [7, 11) is 1.54. The van der Waals surface area contributed by atoms with Crippen molar-refractivity contribution in [2.24, 2.45) is 0 Å². The fraction of sp³-hybridized carbons (Fsp3) is 0.500. The van der Waals surface area contributed by atoms with Gasteiger partial charge in [0.15, 0.2) is 0 Å². The first kappa shape index (κ1) is 11.3. The summed E-state index contributed by atoms with van der Waals surface area (Å²) >= 11 is 3.25. The summed E-state index contributed by atoms with van der Waals surface area (Å²) in [5.41, 5.74) is 0.916. The van der Waals surface area contributed by atoms with E-state index in [0.29, 0.717) is 11.3 Å². The van der Waals surface area contributed by atoms with Crippen LogP contribution in [0.2, 0.25) is 0 Å². The molecule has 0 aliphatic heterocycles. The van der Waals surface area contributed by atoms with Crippen LogP contribution in [0, 0.1) is 0 Å². The minimum absolute atomic E-state index is 0.315. The molecular formula is C8H10BrF2N3. The van der Waals surface area contributed by atoms with E-state index in [-0.39, 0.29) is 6.54 Å². The molecule has 3 nitrogen and oxygen atoms in total. The molecule has 0 unspecified atom stereocenters. The van der Waals surface area contributed by atoms with Crippen molar-refractivity contribution in [3.63, 3.8) is 0 Å². The Kier molecular flexibility index (Phi) is 4.19. The maximum Gasteiger partial charge on any atom is 0.255 e. The van der Waals surface area contributed by atoms with E-state index < -0.39 is 6.43 Å². The summed E-state index contributed by atoms with van der Waals surface area (Å²) in [5, 5.41) is 0.659. The number of aromatic nitrogens is 2. The molecule has 1 aromatic heterocycles. The van der Waals surface area contributed by atoms with E-state index in [0.717, 1.165) is 5.56 Å². The van der Waals surface area contributed by atoms with Gasteiger partial charge < -0.3 is 4.90 Å². The molecule has 78 valence electrons. The molecule has 14 heavy (non-hydrogen) atoms. The van der Waals surface area contributed by atoms with E-state index in [1.807, 2.05) is 0 Å². The second-order valence-corrected chi connectivity index (χ2v) is 3.36. The van der Waals surface area contributed by atoms with Crippen molar-refractivity contribution in [3.05, 3.63) is 18.0 Å². The molecule has 1 rings (SSSR count). The van der Waals surface area contributed by atoms with E-state index in [1.54, 1.807) is 12.4 Å². The Morgan fingerprint density at radius 1 is 1.43 bits per heavy atom. The summed E-state index contributed by atoms with van der Waals surface area (Å²) in [6.07, 6.45) is 0.845. The lowest BCUT2D eigenvalue weighted by atomic mass is 10.4. The first-order chi connectivity index (χ1) is 6.63. The van der Waals surface area contributed by atoms with E-state index >= 15 is 0 Å². The van der Waals surface area contributed by atoms with E-state index in [2.05, 4.69) is 25.9 Å². The Balaban J connectivity index is 2.66. The smallest absolute Gasteiger partial charge is 0.255 e.